The minimum Gasteiger partial charge on any atom is -0.380 e. The Morgan fingerprint density at radius 1 is 1.52 bits per heavy atom. The third-order valence-corrected chi connectivity index (χ3v) is 5.54. The van der Waals surface area contributed by atoms with Crippen molar-refractivity contribution >= 4 is 10.0 Å². The molecule has 0 unspecified atom stereocenters. The fourth-order valence-electron chi connectivity index (χ4n) is 3.08. The summed E-state index contributed by atoms with van der Waals surface area (Å²) in [6.45, 7) is 3.13. The van der Waals surface area contributed by atoms with E-state index in [2.05, 4.69) is 4.98 Å². The Morgan fingerprint density at radius 3 is 3.10 bits per heavy atom. The van der Waals surface area contributed by atoms with Crippen LogP contribution in [0, 0.1) is 11.3 Å². The van der Waals surface area contributed by atoms with Crippen molar-refractivity contribution in [2.24, 2.45) is 11.3 Å². The molecule has 1 aromatic rings. The maximum Gasteiger partial charge on any atom is 0.211 e. The van der Waals surface area contributed by atoms with E-state index in [0.29, 0.717) is 39.5 Å². The minimum atomic E-state index is -3.15. The second-order valence-corrected chi connectivity index (χ2v) is 7.93. The normalized spacial score (nSPS) is 29.7. The summed E-state index contributed by atoms with van der Waals surface area (Å²) in [5, 5.41) is 0. The summed E-state index contributed by atoms with van der Waals surface area (Å²) >= 11 is 0. The zero-order valence-corrected chi connectivity index (χ0v) is 12.9. The first kappa shape index (κ1) is 14.9. The maximum atomic E-state index is 11.7. The van der Waals surface area contributed by atoms with Crippen molar-refractivity contribution in [3.05, 3.63) is 30.1 Å². The summed E-state index contributed by atoms with van der Waals surface area (Å²) in [5.41, 5.74) is 0.667. The van der Waals surface area contributed by atoms with E-state index in [1.165, 1.54) is 6.26 Å². The largest absolute Gasteiger partial charge is 0.380 e. The summed E-state index contributed by atoms with van der Waals surface area (Å²) in [6.07, 6.45) is 3.00. The van der Waals surface area contributed by atoms with Gasteiger partial charge in [-0.25, -0.2) is 12.7 Å². The van der Waals surface area contributed by atoms with Crippen LogP contribution in [-0.4, -0.2) is 56.9 Å². The highest BCUT2D eigenvalue weighted by molar-refractivity contribution is 7.88. The lowest BCUT2D eigenvalue weighted by Crippen LogP contribution is -2.37. The van der Waals surface area contributed by atoms with Crippen molar-refractivity contribution in [3.8, 4) is 0 Å². The SMILES string of the molecule is CS(=O)(=O)N1C[C@@H]2COC[C@]2(COCc2ccccn2)C1. The molecular weight excluding hydrogens is 292 g/mol. The van der Waals surface area contributed by atoms with Gasteiger partial charge in [0.1, 0.15) is 0 Å². The van der Waals surface area contributed by atoms with Crippen LogP contribution in [0.25, 0.3) is 0 Å². The molecule has 0 aliphatic carbocycles. The molecule has 2 aliphatic rings. The van der Waals surface area contributed by atoms with Gasteiger partial charge in [0.2, 0.25) is 10.0 Å². The zero-order valence-electron chi connectivity index (χ0n) is 12.1. The van der Waals surface area contributed by atoms with Crippen LogP contribution in [0.3, 0.4) is 0 Å². The van der Waals surface area contributed by atoms with E-state index in [1.807, 2.05) is 18.2 Å². The van der Waals surface area contributed by atoms with Crippen LogP contribution in [0.1, 0.15) is 5.69 Å². The lowest BCUT2D eigenvalue weighted by atomic mass is 9.82. The third kappa shape index (κ3) is 3.11. The first-order valence-corrected chi connectivity index (χ1v) is 8.85. The van der Waals surface area contributed by atoms with Crippen molar-refractivity contribution in [1.82, 2.24) is 9.29 Å². The molecule has 2 atom stereocenters. The molecule has 0 bridgehead atoms. The van der Waals surface area contributed by atoms with Gasteiger partial charge in [0.15, 0.2) is 0 Å². The van der Waals surface area contributed by atoms with E-state index < -0.39 is 10.0 Å². The zero-order chi connectivity index (χ0) is 14.9. The number of hydrogen-bond acceptors (Lipinski definition) is 5. The number of hydrogen-bond donors (Lipinski definition) is 0. The molecule has 0 radical (unpaired) electrons. The highest BCUT2D eigenvalue weighted by Crippen LogP contribution is 2.42. The lowest BCUT2D eigenvalue weighted by Gasteiger charge is -2.26. The van der Waals surface area contributed by atoms with Crippen LogP contribution >= 0.6 is 0 Å². The van der Waals surface area contributed by atoms with Gasteiger partial charge in [-0.05, 0) is 12.1 Å². The fourth-order valence-corrected chi connectivity index (χ4v) is 4.02. The van der Waals surface area contributed by atoms with Crippen LogP contribution in [0.5, 0.6) is 0 Å². The number of aromatic nitrogens is 1. The van der Waals surface area contributed by atoms with Gasteiger partial charge in [-0.2, -0.15) is 0 Å². The van der Waals surface area contributed by atoms with Gasteiger partial charge in [-0.1, -0.05) is 6.07 Å². The molecule has 0 amide bonds. The van der Waals surface area contributed by atoms with Crippen LogP contribution in [0.15, 0.2) is 24.4 Å². The summed E-state index contributed by atoms with van der Waals surface area (Å²) in [6, 6.07) is 5.70. The summed E-state index contributed by atoms with van der Waals surface area (Å²) in [5.74, 6) is 0.218. The molecule has 2 saturated heterocycles. The molecule has 2 fully saturated rings. The second-order valence-electron chi connectivity index (χ2n) is 5.94. The van der Waals surface area contributed by atoms with Crippen molar-refractivity contribution in [2.75, 3.05) is 39.2 Å². The Labute approximate surface area is 125 Å². The van der Waals surface area contributed by atoms with E-state index in [1.54, 1.807) is 10.5 Å². The molecule has 2 aliphatic heterocycles. The molecule has 0 aromatic carbocycles. The average molecular weight is 312 g/mol. The van der Waals surface area contributed by atoms with Gasteiger partial charge in [-0.15, -0.1) is 0 Å². The van der Waals surface area contributed by atoms with E-state index >= 15 is 0 Å². The number of fused-ring (bicyclic) bond motifs is 1. The second kappa shape index (κ2) is 5.64. The number of sulfonamides is 1. The maximum absolute atomic E-state index is 11.7. The van der Waals surface area contributed by atoms with Gasteiger partial charge in [-0.3, -0.25) is 4.98 Å². The standard InChI is InChI=1S/C14H20N2O4S/c1-21(17,18)16-6-12-7-19-10-14(12,9-16)11-20-8-13-4-2-3-5-15-13/h2-5,12H,6-11H2,1H3/t12-,14+/m1/s1. The Morgan fingerprint density at radius 2 is 2.38 bits per heavy atom. The Hall–Kier alpha value is -1.02. The minimum absolute atomic E-state index is 0.210. The van der Waals surface area contributed by atoms with Gasteiger partial charge < -0.3 is 9.47 Å². The summed E-state index contributed by atoms with van der Waals surface area (Å²) in [4.78, 5) is 4.22. The first-order valence-electron chi connectivity index (χ1n) is 7.00. The average Bonchev–Trinajstić information content (AvgIpc) is 2.96. The molecular formula is C14H20N2O4S. The van der Waals surface area contributed by atoms with Gasteiger partial charge in [0.25, 0.3) is 0 Å². The quantitative estimate of drug-likeness (QED) is 0.792. The van der Waals surface area contributed by atoms with Crippen LogP contribution in [0.4, 0.5) is 0 Å². The number of nitrogens with zero attached hydrogens (tertiary/aromatic N) is 2. The first-order chi connectivity index (χ1) is 10.00. The molecule has 0 saturated carbocycles. The Bertz CT molecular complexity index is 592. The molecule has 0 N–H and O–H groups in total. The van der Waals surface area contributed by atoms with Crippen LogP contribution in [-0.2, 0) is 26.1 Å². The summed E-state index contributed by atoms with van der Waals surface area (Å²) < 4.78 is 36.4. The molecule has 21 heavy (non-hydrogen) atoms. The monoisotopic (exact) mass is 312 g/mol. The molecule has 3 heterocycles. The Balaban J connectivity index is 1.63. The van der Waals surface area contributed by atoms with Gasteiger partial charge in [0, 0.05) is 30.6 Å². The van der Waals surface area contributed by atoms with Crippen molar-refractivity contribution < 1.29 is 17.9 Å². The number of ether oxygens (including phenoxy) is 2. The lowest BCUT2D eigenvalue weighted by molar-refractivity contribution is 0.0212. The molecule has 116 valence electrons. The Kier molecular flexibility index (Phi) is 4.00. The number of pyridine rings is 1. The van der Waals surface area contributed by atoms with Crippen molar-refractivity contribution in [3.63, 3.8) is 0 Å². The molecule has 6 nitrogen and oxygen atoms in total. The summed E-state index contributed by atoms with van der Waals surface area (Å²) in [7, 11) is -3.15. The number of rotatable bonds is 5. The molecule has 7 heteroatoms. The van der Waals surface area contributed by atoms with Crippen molar-refractivity contribution in [1.29, 1.82) is 0 Å². The van der Waals surface area contributed by atoms with Gasteiger partial charge in [0.05, 0.1) is 38.4 Å². The van der Waals surface area contributed by atoms with Crippen LogP contribution in [0.2, 0.25) is 0 Å². The van der Waals surface area contributed by atoms with E-state index in [4.69, 9.17) is 9.47 Å². The smallest absolute Gasteiger partial charge is 0.211 e. The van der Waals surface area contributed by atoms with Crippen molar-refractivity contribution in [2.45, 2.75) is 6.61 Å². The molecule has 0 spiro atoms. The van der Waals surface area contributed by atoms with E-state index in [9.17, 15) is 8.42 Å². The highest BCUT2D eigenvalue weighted by atomic mass is 32.2. The molecule has 1 aromatic heterocycles. The highest BCUT2D eigenvalue weighted by Gasteiger charge is 2.52. The fraction of sp³-hybridized carbons (Fsp3) is 0.643. The predicted octanol–water partition coefficient (Wildman–Crippen LogP) is 0.506. The van der Waals surface area contributed by atoms with Crippen LogP contribution < -0.4 is 0 Å². The molecule has 3 rings (SSSR count). The van der Waals surface area contributed by atoms with Gasteiger partial charge >= 0.3 is 0 Å². The van der Waals surface area contributed by atoms with E-state index in [0.717, 1.165) is 5.69 Å². The third-order valence-electron chi connectivity index (χ3n) is 4.32. The predicted molar refractivity (Wildman–Crippen MR) is 77.1 cm³/mol. The van der Waals surface area contributed by atoms with E-state index in [-0.39, 0.29) is 11.3 Å². The topological polar surface area (TPSA) is 68.7 Å².